The number of hydrogen-bond donors (Lipinski definition) is 1. The van der Waals surface area contributed by atoms with Crippen LogP contribution in [0.2, 0.25) is 0 Å². The van der Waals surface area contributed by atoms with Crippen LogP contribution in [0, 0.1) is 5.92 Å². The molecule has 0 aromatic rings. The zero-order chi connectivity index (χ0) is 16.5. The molecule has 0 radical (unpaired) electrons. The van der Waals surface area contributed by atoms with Crippen LogP contribution in [0.5, 0.6) is 0 Å². The predicted octanol–water partition coefficient (Wildman–Crippen LogP) is 5.05. The Labute approximate surface area is 135 Å². The molecule has 5 heteroatoms. The summed E-state index contributed by atoms with van der Waals surface area (Å²) in [5.74, 6) is -1.23. The second-order valence-corrected chi connectivity index (χ2v) is 6.85. The van der Waals surface area contributed by atoms with Gasteiger partial charge in [0.15, 0.2) is 5.79 Å². The van der Waals surface area contributed by atoms with E-state index >= 15 is 0 Å². The lowest BCUT2D eigenvalue weighted by atomic mass is 9.86. The predicted molar refractivity (Wildman–Crippen MR) is 85.0 cm³/mol. The highest BCUT2D eigenvalue weighted by molar-refractivity contribution is 4.76. The topological polar surface area (TPSA) is 57.2 Å². The Bertz CT molecular complexity index is 289. The van der Waals surface area contributed by atoms with Crippen molar-refractivity contribution < 1.29 is 24.7 Å². The molecule has 0 saturated heterocycles. The summed E-state index contributed by atoms with van der Waals surface area (Å²) in [4.78, 5) is 15.7. The summed E-state index contributed by atoms with van der Waals surface area (Å²) in [5, 5.41) is 9.22. The summed E-state index contributed by atoms with van der Waals surface area (Å²) in [5.41, 5.74) is 0. The molecule has 1 fully saturated rings. The third-order valence-electron chi connectivity index (χ3n) is 4.74. The number of rotatable bonds is 11. The maximum absolute atomic E-state index is 9.22. The maximum atomic E-state index is 9.22. The van der Waals surface area contributed by atoms with Gasteiger partial charge in [0.25, 0.3) is 0 Å². The van der Waals surface area contributed by atoms with Gasteiger partial charge in [-0.3, -0.25) is 0 Å². The van der Waals surface area contributed by atoms with E-state index in [1.807, 2.05) is 6.92 Å². The Morgan fingerprint density at radius 1 is 1.14 bits per heavy atom. The lowest BCUT2D eigenvalue weighted by Crippen LogP contribution is -2.43. The average molecular weight is 318 g/mol. The smallest absolute Gasteiger partial charge is 0.233 e. The molecule has 0 spiro atoms. The van der Waals surface area contributed by atoms with E-state index in [4.69, 9.17) is 14.5 Å². The van der Waals surface area contributed by atoms with E-state index in [1.54, 1.807) is 7.11 Å². The van der Waals surface area contributed by atoms with Crippen LogP contribution in [0.4, 0.5) is 0 Å². The van der Waals surface area contributed by atoms with E-state index in [0.717, 1.165) is 32.1 Å². The minimum Gasteiger partial charge on any atom is -0.351 e. The minimum absolute atomic E-state index is 0.624. The fourth-order valence-corrected chi connectivity index (χ4v) is 2.78. The fourth-order valence-electron chi connectivity index (χ4n) is 2.78. The Morgan fingerprint density at radius 2 is 1.77 bits per heavy atom. The highest BCUT2D eigenvalue weighted by Gasteiger charge is 2.41. The lowest BCUT2D eigenvalue weighted by molar-refractivity contribution is -0.547. The van der Waals surface area contributed by atoms with Gasteiger partial charge in [-0.2, -0.15) is 9.78 Å². The zero-order valence-electron chi connectivity index (χ0n) is 14.7. The Morgan fingerprint density at radius 3 is 2.32 bits per heavy atom. The first-order valence-electron chi connectivity index (χ1n) is 8.74. The molecule has 1 aliphatic rings. The van der Waals surface area contributed by atoms with Gasteiger partial charge in [-0.1, -0.05) is 39.5 Å². The van der Waals surface area contributed by atoms with Crippen molar-refractivity contribution >= 4 is 0 Å². The molecule has 0 bridgehead atoms. The fraction of sp³-hybridized carbons (Fsp3) is 1.00. The average Bonchev–Trinajstić information content (AvgIpc) is 2.55. The van der Waals surface area contributed by atoms with E-state index in [0.29, 0.717) is 18.8 Å². The van der Waals surface area contributed by atoms with Crippen molar-refractivity contribution in [1.82, 2.24) is 0 Å². The molecule has 132 valence electrons. The van der Waals surface area contributed by atoms with Crippen molar-refractivity contribution in [2.24, 2.45) is 5.92 Å². The molecule has 1 saturated carbocycles. The number of ether oxygens (including phenoxy) is 1. The van der Waals surface area contributed by atoms with Crippen LogP contribution < -0.4 is 0 Å². The summed E-state index contributed by atoms with van der Waals surface area (Å²) in [6.45, 7) is 6.26. The largest absolute Gasteiger partial charge is 0.351 e. The van der Waals surface area contributed by atoms with E-state index in [-0.39, 0.29) is 0 Å². The van der Waals surface area contributed by atoms with Crippen molar-refractivity contribution in [3.8, 4) is 0 Å². The molecule has 0 amide bonds. The van der Waals surface area contributed by atoms with Gasteiger partial charge < -0.3 is 4.74 Å². The van der Waals surface area contributed by atoms with Gasteiger partial charge in [0.1, 0.15) is 0 Å². The van der Waals surface area contributed by atoms with Crippen molar-refractivity contribution in [2.75, 3.05) is 7.11 Å². The second-order valence-electron chi connectivity index (χ2n) is 6.85. The quantitative estimate of drug-likeness (QED) is 0.250. The van der Waals surface area contributed by atoms with Gasteiger partial charge in [-0.25, -0.2) is 10.1 Å². The van der Waals surface area contributed by atoms with Crippen LogP contribution in [-0.2, 0) is 19.4 Å². The first-order valence-corrected chi connectivity index (χ1v) is 8.74. The Balaban J connectivity index is 2.39. The SMILES string of the molecule is CCCCCCCC(C)(OC)OOC1(OO)CCC(C)CC1. The summed E-state index contributed by atoms with van der Waals surface area (Å²) in [6.07, 6.45) is 9.82. The first kappa shape index (κ1) is 19.8. The molecule has 1 N–H and O–H groups in total. The third kappa shape index (κ3) is 6.50. The van der Waals surface area contributed by atoms with E-state index < -0.39 is 11.6 Å². The lowest BCUT2D eigenvalue weighted by Gasteiger charge is -2.37. The Hall–Kier alpha value is -0.200. The van der Waals surface area contributed by atoms with Crippen molar-refractivity contribution in [1.29, 1.82) is 0 Å². The first-order chi connectivity index (χ1) is 10.5. The molecular formula is C17H34O5. The highest BCUT2D eigenvalue weighted by Crippen LogP contribution is 2.36. The van der Waals surface area contributed by atoms with Crippen LogP contribution in [-0.4, -0.2) is 23.9 Å². The normalized spacial score (nSPS) is 28.5. The number of methoxy groups -OCH3 is 1. The van der Waals surface area contributed by atoms with Gasteiger partial charge >= 0.3 is 0 Å². The zero-order valence-corrected chi connectivity index (χ0v) is 14.7. The maximum Gasteiger partial charge on any atom is 0.233 e. The molecule has 0 aromatic carbocycles. The van der Waals surface area contributed by atoms with E-state index in [9.17, 15) is 5.26 Å². The van der Waals surface area contributed by atoms with E-state index in [2.05, 4.69) is 18.7 Å². The van der Waals surface area contributed by atoms with Gasteiger partial charge in [0.05, 0.1) is 0 Å². The minimum atomic E-state index is -1.05. The summed E-state index contributed by atoms with van der Waals surface area (Å²) in [7, 11) is 1.62. The monoisotopic (exact) mass is 318 g/mol. The third-order valence-corrected chi connectivity index (χ3v) is 4.74. The number of unbranched alkanes of at least 4 members (excludes halogenated alkanes) is 4. The molecule has 1 atom stereocenters. The molecule has 1 unspecified atom stereocenters. The van der Waals surface area contributed by atoms with Crippen molar-refractivity contribution in [2.45, 2.75) is 96.6 Å². The van der Waals surface area contributed by atoms with Crippen LogP contribution >= 0.6 is 0 Å². The molecule has 0 aliphatic heterocycles. The molecule has 1 rings (SSSR count). The van der Waals surface area contributed by atoms with Crippen molar-refractivity contribution in [3.63, 3.8) is 0 Å². The van der Waals surface area contributed by atoms with Gasteiger partial charge in [0, 0.05) is 26.4 Å². The molecule has 22 heavy (non-hydrogen) atoms. The summed E-state index contributed by atoms with van der Waals surface area (Å²) < 4.78 is 5.46. The van der Waals surface area contributed by atoms with Crippen LogP contribution in [0.3, 0.4) is 0 Å². The van der Waals surface area contributed by atoms with Gasteiger partial charge in [-0.15, -0.1) is 0 Å². The van der Waals surface area contributed by atoms with E-state index in [1.165, 1.54) is 19.3 Å². The molecule has 5 nitrogen and oxygen atoms in total. The highest BCUT2D eigenvalue weighted by atomic mass is 17.3. The molecule has 1 aliphatic carbocycles. The van der Waals surface area contributed by atoms with Crippen LogP contribution in [0.15, 0.2) is 0 Å². The van der Waals surface area contributed by atoms with Gasteiger partial charge in [-0.05, 0) is 32.1 Å². The van der Waals surface area contributed by atoms with Crippen LogP contribution in [0.1, 0.15) is 85.0 Å². The van der Waals surface area contributed by atoms with Crippen molar-refractivity contribution in [3.05, 3.63) is 0 Å². The summed E-state index contributed by atoms with van der Waals surface area (Å²) in [6, 6.07) is 0. The summed E-state index contributed by atoms with van der Waals surface area (Å²) >= 11 is 0. The molecule has 0 aromatic heterocycles. The number of hydrogen-bond acceptors (Lipinski definition) is 5. The molecule has 0 heterocycles. The molecular weight excluding hydrogens is 284 g/mol. The second kappa shape index (κ2) is 9.83. The standard InChI is InChI=1S/C17H34O5/c1-5-6-7-8-9-12-16(3,19-4)21-22-17(20-18)13-10-15(2)11-14-17/h15,18H,5-14H2,1-4H3. The van der Waals surface area contributed by atoms with Crippen LogP contribution in [0.25, 0.3) is 0 Å². The Kier molecular flexibility index (Phi) is 8.87. The van der Waals surface area contributed by atoms with Gasteiger partial charge in [0.2, 0.25) is 5.79 Å².